The minimum Gasteiger partial charge on any atom is -0.207 e. The van der Waals surface area contributed by atoms with Crippen molar-refractivity contribution in [2.24, 2.45) is 11.8 Å². The first-order valence-corrected chi connectivity index (χ1v) is 11.0. The van der Waals surface area contributed by atoms with Gasteiger partial charge in [0.2, 0.25) is 0 Å². The van der Waals surface area contributed by atoms with Crippen LogP contribution < -0.4 is 0 Å². The summed E-state index contributed by atoms with van der Waals surface area (Å²) in [5.41, 5.74) is 4.52. The Labute approximate surface area is 174 Å². The normalized spacial score (nSPS) is 27.8. The average Bonchev–Trinajstić information content (AvgIpc) is 2.69. The summed E-state index contributed by atoms with van der Waals surface area (Å²) in [5.74, 6) is 2.79. The summed E-state index contributed by atoms with van der Waals surface area (Å²) in [4.78, 5) is 0. The number of rotatable bonds is 3. The summed E-state index contributed by atoms with van der Waals surface area (Å²) in [6.45, 7) is 4.68. The fourth-order valence-electron chi connectivity index (χ4n) is 5.15. The summed E-state index contributed by atoms with van der Waals surface area (Å²) in [7, 11) is 0. The molecular formula is C27H41F. The highest BCUT2D eigenvalue weighted by Gasteiger charge is 2.23. The van der Waals surface area contributed by atoms with E-state index in [2.05, 4.69) is 44.2 Å². The smallest absolute Gasteiger partial charge is 0.127 e. The fraction of sp³-hybridized carbons (Fsp3) is 0.556. The summed E-state index contributed by atoms with van der Waals surface area (Å²) >= 11 is 0. The molecule has 0 unspecified atom stereocenters. The molecular weight excluding hydrogens is 343 g/mol. The lowest BCUT2D eigenvalue weighted by atomic mass is 9.78. The van der Waals surface area contributed by atoms with E-state index >= 15 is 0 Å². The third kappa shape index (κ3) is 4.67. The molecule has 2 aliphatic carbocycles. The van der Waals surface area contributed by atoms with Crippen molar-refractivity contribution in [1.29, 1.82) is 0 Å². The Kier molecular flexibility index (Phi) is 6.96. The van der Waals surface area contributed by atoms with Gasteiger partial charge in [0.25, 0.3) is 0 Å². The number of benzene rings is 2. The highest BCUT2D eigenvalue weighted by molar-refractivity contribution is 5.64. The van der Waals surface area contributed by atoms with Crippen LogP contribution in [0.15, 0.2) is 42.5 Å². The molecule has 0 aromatic heterocycles. The van der Waals surface area contributed by atoms with Crippen LogP contribution in [0.2, 0.25) is 0 Å². The molecule has 0 nitrogen and oxygen atoms in total. The van der Waals surface area contributed by atoms with E-state index in [-0.39, 0.29) is 16.1 Å². The van der Waals surface area contributed by atoms with E-state index in [0.717, 1.165) is 41.4 Å². The van der Waals surface area contributed by atoms with Crippen molar-refractivity contribution in [3.8, 4) is 11.1 Å². The topological polar surface area (TPSA) is 0 Å². The van der Waals surface area contributed by atoms with Crippen LogP contribution in [-0.4, -0.2) is 0 Å². The molecule has 28 heavy (non-hydrogen) atoms. The lowest BCUT2D eigenvalue weighted by Gasteiger charge is -2.27. The van der Waals surface area contributed by atoms with Gasteiger partial charge in [-0.15, -0.1) is 0 Å². The first kappa shape index (κ1) is 21.1. The molecule has 0 spiro atoms. The van der Waals surface area contributed by atoms with E-state index in [0.29, 0.717) is 11.8 Å². The van der Waals surface area contributed by atoms with Crippen molar-refractivity contribution in [1.82, 2.24) is 0 Å². The highest BCUT2D eigenvalue weighted by atomic mass is 19.1. The molecule has 0 bridgehead atoms. The minimum absolute atomic E-state index is 0. The molecule has 0 heterocycles. The van der Waals surface area contributed by atoms with Crippen LogP contribution in [0.1, 0.15) is 98.5 Å². The maximum absolute atomic E-state index is 14.8. The van der Waals surface area contributed by atoms with Crippen LogP contribution in [0.4, 0.5) is 4.39 Å². The first-order valence-electron chi connectivity index (χ1n) is 11.0. The molecule has 0 atom stereocenters. The average molecular weight is 385 g/mol. The summed E-state index contributed by atoms with van der Waals surface area (Å²) in [5, 5.41) is 0. The van der Waals surface area contributed by atoms with E-state index < -0.39 is 0 Å². The Bertz CT molecular complexity index is 755. The molecule has 4 rings (SSSR count). The number of hydrogen-bond donors (Lipinski definition) is 0. The van der Waals surface area contributed by atoms with Crippen molar-refractivity contribution in [2.45, 2.75) is 84.5 Å². The van der Waals surface area contributed by atoms with Gasteiger partial charge in [-0.25, -0.2) is 4.39 Å². The Morgan fingerprint density at radius 2 is 1.18 bits per heavy atom. The van der Waals surface area contributed by atoms with E-state index in [4.69, 9.17) is 0 Å². The standard InChI is InChI=1S/C26H33F.CH4.2H2/c1-18-3-7-20(8-4-18)21-11-13-22(14-12-21)24-15-16-25(26(27)17-24)23-9-5-19(2)6-10-23;;;/h11-20,23H,3-10H2,1-2H3;1H4;2*1H. The zero-order chi connectivity index (χ0) is 18.8. The van der Waals surface area contributed by atoms with Gasteiger partial charge in [-0.1, -0.05) is 83.4 Å². The molecule has 0 N–H and O–H groups in total. The van der Waals surface area contributed by atoms with Crippen LogP contribution in [0.25, 0.3) is 11.1 Å². The predicted octanol–water partition coefficient (Wildman–Crippen LogP) is 9.21. The Balaban J connectivity index is 0.00000150. The zero-order valence-corrected chi connectivity index (χ0v) is 16.9. The summed E-state index contributed by atoms with van der Waals surface area (Å²) < 4.78 is 14.8. The molecule has 2 aliphatic rings. The van der Waals surface area contributed by atoms with E-state index in [1.54, 1.807) is 6.07 Å². The fourth-order valence-corrected chi connectivity index (χ4v) is 5.15. The van der Waals surface area contributed by atoms with Crippen molar-refractivity contribution >= 4 is 0 Å². The molecule has 0 saturated heterocycles. The Morgan fingerprint density at radius 3 is 1.71 bits per heavy atom. The molecule has 2 aromatic rings. The van der Waals surface area contributed by atoms with Crippen LogP contribution in [-0.2, 0) is 0 Å². The number of halogens is 1. The lowest BCUT2D eigenvalue weighted by molar-refractivity contribution is 0.342. The maximum Gasteiger partial charge on any atom is 0.127 e. The largest absolute Gasteiger partial charge is 0.207 e. The van der Waals surface area contributed by atoms with Gasteiger partial charge in [-0.3, -0.25) is 0 Å². The first-order chi connectivity index (χ1) is 13.1. The molecule has 2 saturated carbocycles. The second-order valence-electron chi connectivity index (χ2n) is 9.27. The predicted molar refractivity (Wildman–Crippen MR) is 124 cm³/mol. The zero-order valence-electron chi connectivity index (χ0n) is 16.9. The van der Waals surface area contributed by atoms with Gasteiger partial charge in [0.15, 0.2) is 0 Å². The van der Waals surface area contributed by atoms with Crippen LogP contribution >= 0.6 is 0 Å². The molecule has 1 heteroatoms. The van der Waals surface area contributed by atoms with Crippen molar-refractivity contribution in [3.05, 3.63) is 59.4 Å². The van der Waals surface area contributed by atoms with Gasteiger partial charge in [0, 0.05) is 2.85 Å². The SMILES string of the molecule is C.CC1CCC(c2ccc(-c3ccc(C4CCC(C)CC4)c(F)c3)cc2)CC1.[HH].[HH]. The van der Waals surface area contributed by atoms with Crippen LogP contribution in [0, 0.1) is 17.7 Å². The monoisotopic (exact) mass is 384 g/mol. The van der Waals surface area contributed by atoms with E-state index in [1.165, 1.54) is 44.1 Å². The maximum atomic E-state index is 14.8. The Morgan fingerprint density at radius 1 is 0.679 bits per heavy atom. The van der Waals surface area contributed by atoms with Crippen molar-refractivity contribution in [3.63, 3.8) is 0 Å². The van der Waals surface area contributed by atoms with E-state index in [9.17, 15) is 4.39 Å². The second-order valence-corrected chi connectivity index (χ2v) is 9.27. The van der Waals surface area contributed by atoms with Gasteiger partial charge < -0.3 is 0 Å². The van der Waals surface area contributed by atoms with Gasteiger partial charge in [-0.2, -0.15) is 0 Å². The second kappa shape index (κ2) is 9.25. The van der Waals surface area contributed by atoms with Gasteiger partial charge >= 0.3 is 0 Å². The molecule has 0 radical (unpaired) electrons. The van der Waals surface area contributed by atoms with Crippen LogP contribution in [0.3, 0.4) is 0 Å². The molecule has 2 aromatic carbocycles. The highest BCUT2D eigenvalue weighted by Crippen LogP contribution is 2.38. The molecule has 0 aliphatic heterocycles. The summed E-state index contributed by atoms with van der Waals surface area (Å²) in [6.07, 6.45) is 10.0. The van der Waals surface area contributed by atoms with Crippen molar-refractivity contribution in [2.75, 3.05) is 0 Å². The Hall–Kier alpha value is -1.63. The van der Waals surface area contributed by atoms with Gasteiger partial charge in [0.05, 0.1) is 0 Å². The molecule has 156 valence electrons. The van der Waals surface area contributed by atoms with E-state index in [1.807, 2.05) is 6.07 Å². The summed E-state index contributed by atoms with van der Waals surface area (Å²) in [6, 6.07) is 14.8. The lowest BCUT2D eigenvalue weighted by Crippen LogP contribution is -2.12. The third-order valence-corrected chi connectivity index (χ3v) is 7.19. The van der Waals surface area contributed by atoms with Crippen LogP contribution in [0.5, 0.6) is 0 Å². The van der Waals surface area contributed by atoms with Gasteiger partial charge in [-0.05, 0) is 77.7 Å². The molecule has 2 fully saturated rings. The third-order valence-electron chi connectivity index (χ3n) is 7.19. The quantitative estimate of drug-likeness (QED) is 0.494. The van der Waals surface area contributed by atoms with Crippen molar-refractivity contribution < 1.29 is 7.24 Å². The van der Waals surface area contributed by atoms with Gasteiger partial charge in [0.1, 0.15) is 5.82 Å². The minimum atomic E-state index is -0.0163. The number of hydrogen-bond acceptors (Lipinski definition) is 0. The molecule has 0 amide bonds.